The Morgan fingerprint density at radius 3 is 3.06 bits per heavy atom. The van der Waals surface area contributed by atoms with Crippen molar-refractivity contribution in [2.24, 2.45) is 0 Å². The maximum atomic E-state index is 11.3. The van der Waals surface area contributed by atoms with E-state index in [1.165, 1.54) is 0 Å². The molecule has 2 aromatic rings. The van der Waals surface area contributed by atoms with Crippen molar-refractivity contribution in [3.63, 3.8) is 0 Å². The lowest BCUT2D eigenvalue weighted by Crippen LogP contribution is -2.16. The van der Waals surface area contributed by atoms with Crippen LogP contribution >= 0.6 is 0 Å². The Balaban J connectivity index is 2.18. The van der Waals surface area contributed by atoms with Crippen molar-refractivity contribution in [3.8, 4) is 6.07 Å². The molecule has 3 rings (SSSR count). The van der Waals surface area contributed by atoms with E-state index in [4.69, 9.17) is 11.0 Å². The van der Waals surface area contributed by atoms with Crippen LogP contribution in [0.5, 0.6) is 0 Å². The van der Waals surface area contributed by atoms with Crippen molar-refractivity contribution in [2.75, 3.05) is 12.3 Å². The van der Waals surface area contributed by atoms with Gasteiger partial charge in [0.05, 0.1) is 28.7 Å². The Labute approximate surface area is 103 Å². The normalized spacial score (nSPS) is 18.8. The largest absolute Gasteiger partial charge is 0.369 e. The van der Waals surface area contributed by atoms with Crippen molar-refractivity contribution in [1.29, 1.82) is 5.26 Å². The highest BCUT2D eigenvalue weighted by atomic mass is 16.1. The van der Waals surface area contributed by atoms with Crippen molar-refractivity contribution < 1.29 is 4.79 Å². The number of nitriles is 1. The van der Waals surface area contributed by atoms with Crippen LogP contribution in [0.4, 0.5) is 5.95 Å². The maximum Gasteiger partial charge on any atom is 0.222 e. The van der Waals surface area contributed by atoms with Crippen molar-refractivity contribution in [1.82, 2.24) is 14.9 Å². The molecule has 2 heterocycles. The summed E-state index contributed by atoms with van der Waals surface area (Å²) in [6.45, 7) is 0.547. The number of fused-ring (bicyclic) bond motifs is 1. The monoisotopic (exact) mass is 241 g/mol. The first-order valence-corrected chi connectivity index (χ1v) is 5.63. The molecule has 3 N–H and O–H groups in total. The van der Waals surface area contributed by atoms with Crippen LogP contribution < -0.4 is 11.1 Å². The van der Waals surface area contributed by atoms with Crippen LogP contribution in [0.15, 0.2) is 18.2 Å². The summed E-state index contributed by atoms with van der Waals surface area (Å²) in [6, 6.07) is 7.29. The molecule has 1 fully saturated rings. The average molecular weight is 241 g/mol. The fourth-order valence-corrected chi connectivity index (χ4v) is 2.34. The van der Waals surface area contributed by atoms with Crippen LogP contribution in [0.1, 0.15) is 18.0 Å². The van der Waals surface area contributed by atoms with E-state index in [1.807, 2.05) is 4.57 Å². The number of carbonyl (C=O) groups is 1. The fraction of sp³-hybridized carbons (Fsp3) is 0.250. The number of anilines is 1. The molecule has 0 saturated carbocycles. The lowest BCUT2D eigenvalue weighted by atomic mass is 10.2. The molecular weight excluding hydrogens is 230 g/mol. The molecule has 0 radical (unpaired) electrons. The van der Waals surface area contributed by atoms with Gasteiger partial charge in [-0.3, -0.25) is 4.79 Å². The van der Waals surface area contributed by atoms with Crippen LogP contribution in [0.2, 0.25) is 0 Å². The predicted molar refractivity (Wildman–Crippen MR) is 65.5 cm³/mol. The van der Waals surface area contributed by atoms with E-state index >= 15 is 0 Å². The Morgan fingerprint density at radius 1 is 1.56 bits per heavy atom. The van der Waals surface area contributed by atoms with Gasteiger partial charge >= 0.3 is 0 Å². The number of aromatic nitrogens is 2. The van der Waals surface area contributed by atoms with Crippen LogP contribution in [-0.4, -0.2) is 22.0 Å². The van der Waals surface area contributed by atoms with E-state index in [9.17, 15) is 4.79 Å². The highest BCUT2D eigenvalue weighted by molar-refractivity contribution is 5.82. The van der Waals surface area contributed by atoms with Gasteiger partial charge in [-0.2, -0.15) is 5.26 Å². The minimum absolute atomic E-state index is 0.0117. The van der Waals surface area contributed by atoms with Gasteiger partial charge in [-0.25, -0.2) is 4.98 Å². The second kappa shape index (κ2) is 3.74. The molecule has 0 spiro atoms. The smallest absolute Gasteiger partial charge is 0.222 e. The number of carbonyl (C=O) groups excluding carboxylic acids is 1. The Bertz CT molecular complexity index is 682. The average Bonchev–Trinajstić information content (AvgIpc) is 2.90. The Kier molecular flexibility index (Phi) is 2.20. The van der Waals surface area contributed by atoms with E-state index in [1.54, 1.807) is 18.2 Å². The van der Waals surface area contributed by atoms with Gasteiger partial charge in [-0.05, 0) is 18.2 Å². The summed E-state index contributed by atoms with van der Waals surface area (Å²) in [5, 5.41) is 11.7. The van der Waals surface area contributed by atoms with Crippen molar-refractivity contribution in [2.45, 2.75) is 12.5 Å². The maximum absolute atomic E-state index is 11.3. The minimum atomic E-state index is -0.0311. The summed E-state index contributed by atoms with van der Waals surface area (Å²) in [5.74, 6) is 0.388. The van der Waals surface area contributed by atoms with Gasteiger partial charge in [-0.1, -0.05) is 0 Å². The Morgan fingerprint density at radius 2 is 2.39 bits per heavy atom. The van der Waals surface area contributed by atoms with Crippen LogP contribution in [0.3, 0.4) is 0 Å². The summed E-state index contributed by atoms with van der Waals surface area (Å²) in [7, 11) is 0. The molecule has 90 valence electrons. The zero-order valence-corrected chi connectivity index (χ0v) is 9.55. The first-order valence-electron chi connectivity index (χ1n) is 5.63. The lowest BCUT2D eigenvalue weighted by molar-refractivity contribution is -0.119. The highest BCUT2D eigenvalue weighted by Gasteiger charge is 2.26. The molecule has 18 heavy (non-hydrogen) atoms. The predicted octanol–water partition coefficient (Wildman–Crippen LogP) is 0.551. The number of nitrogens with one attached hydrogen (secondary N) is 1. The van der Waals surface area contributed by atoms with E-state index in [0.29, 0.717) is 24.5 Å². The number of nitrogens with zero attached hydrogens (tertiary/aromatic N) is 3. The third-order valence-corrected chi connectivity index (χ3v) is 3.17. The van der Waals surface area contributed by atoms with Crippen LogP contribution in [0, 0.1) is 11.3 Å². The number of hydrogen-bond acceptors (Lipinski definition) is 4. The molecule has 6 nitrogen and oxygen atoms in total. The van der Waals surface area contributed by atoms with E-state index in [0.717, 1.165) is 11.0 Å². The summed E-state index contributed by atoms with van der Waals surface area (Å²) in [6.07, 6.45) is 0.395. The molecule has 1 aliphatic heterocycles. The standard InChI is InChI=1S/C12H11N5O/c13-5-7-1-2-9-10(3-7)17(12(14)16-9)8-4-11(18)15-6-8/h1-3,8H,4,6H2,(H2,14,16)(H,15,18). The molecule has 1 amide bonds. The van der Waals surface area contributed by atoms with Gasteiger partial charge in [0, 0.05) is 13.0 Å². The van der Waals surface area contributed by atoms with E-state index in [2.05, 4.69) is 16.4 Å². The number of amides is 1. The number of nitrogens with two attached hydrogens (primary N) is 1. The van der Waals surface area contributed by atoms with Gasteiger partial charge in [0.2, 0.25) is 11.9 Å². The van der Waals surface area contributed by atoms with Crippen molar-refractivity contribution in [3.05, 3.63) is 23.8 Å². The zero-order valence-electron chi connectivity index (χ0n) is 9.55. The number of rotatable bonds is 1. The number of hydrogen-bond donors (Lipinski definition) is 2. The van der Waals surface area contributed by atoms with Gasteiger partial charge in [0.25, 0.3) is 0 Å². The molecule has 0 aliphatic carbocycles. The fourth-order valence-electron chi connectivity index (χ4n) is 2.34. The molecule has 1 aromatic heterocycles. The number of nitrogen functional groups attached to an aromatic ring is 1. The molecule has 1 aliphatic rings. The van der Waals surface area contributed by atoms with Gasteiger partial charge in [0.1, 0.15) is 0 Å². The van der Waals surface area contributed by atoms with Gasteiger partial charge in [0.15, 0.2) is 0 Å². The molecule has 1 atom stereocenters. The van der Waals surface area contributed by atoms with Gasteiger partial charge in [-0.15, -0.1) is 0 Å². The third-order valence-electron chi connectivity index (χ3n) is 3.17. The minimum Gasteiger partial charge on any atom is -0.369 e. The summed E-state index contributed by atoms with van der Waals surface area (Å²) >= 11 is 0. The second-order valence-corrected chi connectivity index (χ2v) is 4.32. The number of imidazole rings is 1. The zero-order chi connectivity index (χ0) is 12.7. The lowest BCUT2D eigenvalue weighted by Gasteiger charge is -2.12. The first-order chi connectivity index (χ1) is 8.69. The molecule has 6 heteroatoms. The van der Waals surface area contributed by atoms with Gasteiger partial charge < -0.3 is 15.6 Å². The Hall–Kier alpha value is -2.55. The highest BCUT2D eigenvalue weighted by Crippen LogP contribution is 2.27. The van der Waals surface area contributed by atoms with E-state index < -0.39 is 0 Å². The van der Waals surface area contributed by atoms with Crippen LogP contribution in [0.25, 0.3) is 11.0 Å². The topological polar surface area (TPSA) is 96.7 Å². The summed E-state index contributed by atoms with van der Waals surface area (Å²) < 4.78 is 1.83. The van der Waals surface area contributed by atoms with Crippen LogP contribution in [-0.2, 0) is 4.79 Å². The molecule has 0 bridgehead atoms. The first kappa shape index (κ1) is 10.6. The SMILES string of the molecule is N#Cc1ccc2nc(N)n(C3CNC(=O)C3)c2c1. The summed E-state index contributed by atoms with van der Waals surface area (Å²) in [5.41, 5.74) is 8.00. The molecule has 1 aromatic carbocycles. The van der Waals surface area contributed by atoms with E-state index in [-0.39, 0.29) is 11.9 Å². The molecule has 1 unspecified atom stereocenters. The third kappa shape index (κ3) is 1.49. The molecule has 1 saturated heterocycles. The quantitative estimate of drug-likeness (QED) is 0.762. The summed E-state index contributed by atoms with van der Waals surface area (Å²) in [4.78, 5) is 15.5. The number of benzene rings is 1. The second-order valence-electron chi connectivity index (χ2n) is 4.32. The molecular formula is C12H11N5O. The van der Waals surface area contributed by atoms with Crippen molar-refractivity contribution >= 4 is 22.9 Å².